The van der Waals surface area contributed by atoms with Crippen molar-refractivity contribution in [2.45, 2.75) is 37.0 Å². The lowest BCUT2D eigenvalue weighted by atomic mass is 9.97. The highest BCUT2D eigenvalue weighted by molar-refractivity contribution is 7.91. The van der Waals surface area contributed by atoms with E-state index in [4.69, 9.17) is 16.3 Å². The summed E-state index contributed by atoms with van der Waals surface area (Å²) in [7, 11) is -3.07. The van der Waals surface area contributed by atoms with E-state index < -0.39 is 14.8 Å². The first-order valence-corrected chi connectivity index (χ1v) is 8.90. The number of nitro groups is 1. The minimum Gasteiger partial charge on any atom is -0.490 e. The maximum absolute atomic E-state index is 11.6. The van der Waals surface area contributed by atoms with E-state index in [2.05, 4.69) is 0 Å². The first-order chi connectivity index (χ1) is 9.77. The lowest BCUT2D eigenvalue weighted by Crippen LogP contribution is -2.33. The van der Waals surface area contributed by atoms with Crippen LogP contribution in [0.25, 0.3) is 0 Å². The summed E-state index contributed by atoms with van der Waals surface area (Å²) in [4.78, 5) is 10.1. The summed E-state index contributed by atoms with van der Waals surface area (Å²) in [6.45, 7) is 0. The molecule has 1 aromatic rings. The molecule has 1 fully saturated rings. The van der Waals surface area contributed by atoms with Gasteiger partial charge in [-0.05, 0) is 25.3 Å². The maximum Gasteiger partial charge on any atom is 0.288 e. The highest BCUT2D eigenvalue weighted by Crippen LogP contribution is 2.31. The molecule has 1 aliphatic rings. The van der Waals surface area contributed by atoms with Crippen LogP contribution in [0.2, 0.25) is 5.02 Å². The van der Waals surface area contributed by atoms with Gasteiger partial charge in [-0.2, -0.15) is 0 Å². The SMILES string of the molecule is CS(=O)(=O)C1CCCC(Oc2ccc([N+](=O)[O-])c(Cl)c2)C1. The van der Waals surface area contributed by atoms with E-state index in [1.807, 2.05) is 0 Å². The van der Waals surface area contributed by atoms with Gasteiger partial charge in [0.15, 0.2) is 0 Å². The molecule has 0 bridgehead atoms. The van der Waals surface area contributed by atoms with Crippen molar-refractivity contribution < 1.29 is 18.1 Å². The number of rotatable bonds is 4. The van der Waals surface area contributed by atoms with Crippen LogP contribution >= 0.6 is 11.6 Å². The molecule has 2 unspecified atom stereocenters. The molecule has 0 spiro atoms. The van der Waals surface area contributed by atoms with Crippen molar-refractivity contribution >= 4 is 27.1 Å². The van der Waals surface area contributed by atoms with Gasteiger partial charge in [-0.3, -0.25) is 10.1 Å². The standard InChI is InChI=1S/C13H16ClNO5S/c1-21(18,19)11-4-2-3-9(7-11)20-10-5-6-13(15(16)17)12(14)8-10/h5-6,8-9,11H,2-4,7H2,1H3. The molecule has 0 heterocycles. The van der Waals surface area contributed by atoms with Gasteiger partial charge in [0.25, 0.3) is 5.69 Å². The average Bonchev–Trinajstić information content (AvgIpc) is 2.37. The molecule has 0 aromatic heterocycles. The van der Waals surface area contributed by atoms with Crippen LogP contribution in [0.4, 0.5) is 5.69 Å². The number of benzene rings is 1. The van der Waals surface area contributed by atoms with Crippen molar-refractivity contribution in [3.63, 3.8) is 0 Å². The number of nitro benzene ring substituents is 1. The minimum atomic E-state index is -3.07. The second-order valence-electron chi connectivity index (χ2n) is 5.23. The van der Waals surface area contributed by atoms with Gasteiger partial charge in [-0.25, -0.2) is 8.42 Å². The van der Waals surface area contributed by atoms with Crippen LogP contribution in [-0.2, 0) is 9.84 Å². The van der Waals surface area contributed by atoms with Crippen molar-refractivity contribution in [2.75, 3.05) is 6.26 Å². The number of nitrogens with zero attached hydrogens (tertiary/aromatic N) is 1. The van der Waals surface area contributed by atoms with E-state index in [1.165, 1.54) is 24.5 Å². The molecule has 2 atom stereocenters. The molecule has 6 nitrogen and oxygen atoms in total. The zero-order valence-corrected chi connectivity index (χ0v) is 13.1. The normalized spacial score (nSPS) is 22.8. The highest BCUT2D eigenvalue weighted by atomic mass is 35.5. The summed E-state index contributed by atoms with van der Waals surface area (Å²) in [6, 6.07) is 4.16. The van der Waals surface area contributed by atoms with Gasteiger partial charge in [0.2, 0.25) is 0 Å². The van der Waals surface area contributed by atoms with Crippen LogP contribution < -0.4 is 4.74 Å². The third kappa shape index (κ3) is 4.07. The van der Waals surface area contributed by atoms with E-state index >= 15 is 0 Å². The van der Waals surface area contributed by atoms with Crippen LogP contribution in [0.1, 0.15) is 25.7 Å². The van der Waals surface area contributed by atoms with Crippen molar-refractivity contribution in [2.24, 2.45) is 0 Å². The largest absolute Gasteiger partial charge is 0.490 e. The Hall–Kier alpha value is -1.34. The minimum absolute atomic E-state index is 0.00738. The van der Waals surface area contributed by atoms with Gasteiger partial charge in [-0.1, -0.05) is 11.6 Å². The molecule has 8 heteroatoms. The topological polar surface area (TPSA) is 86.5 Å². The van der Waals surface area contributed by atoms with Gasteiger partial charge in [0.1, 0.15) is 20.6 Å². The zero-order chi connectivity index (χ0) is 15.6. The number of hydrogen-bond donors (Lipinski definition) is 0. The Morgan fingerprint density at radius 2 is 2.10 bits per heavy atom. The monoisotopic (exact) mass is 333 g/mol. The summed E-state index contributed by atoms with van der Waals surface area (Å²) in [5, 5.41) is 10.3. The van der Waals surface area contributed by atoms with Crippen LogP contribution in [0, 0.1) is 10.1 Å². The molecule has 0 N–H and O–H groups in total. The van der Waals surface area contributed by atoms with Crippen molar-refractivity contribution in [3.8, 4) is 5.75 Å². The zero-order valence-electron chi connectivity index (χ0n) is 11.5. The van der Waals surface area contributed by atoms with Gasteiger partial charge in [-0.15, -0.1) is 0 Å². The summed E-state index contributed by atoms with van der Waals surface area (Å²) in [6.07, 6.45) is 3.66. The third-order valence-electron chi connectivity index (χ3n) is 3.60. The Bertz CT molecular complexity index is 646. The molecule has 0 aliphatic heterocycles. The van der Waals surface area contributed by atoms with Crippen LogP contribution in [0.5, 0.6) is 5.75 Å². The molecule has 0 radical (unpaired) electrons. The second kappa shape index (κ2) is 6.19. The molecule has 0 saturated heterocycles. The quantitative estimate of drug-likeness (QED) is 0.624. The smallest absolute Gasteiger partial charge is 0.288 e. The molecule has 21 heavy (non-hydrogen) atoms. The predicted octanol–water partition coefficient (Wildman–Crippen LogP) is 2.98. The van der Waals surface area contributed by atoms with Crippen LogP contribution in [0.15, 0.2) is 18.2 Å². The van der Waals surface area contributed by atoms with Crippen LogP contribution in [0.3, 0.4) is 0 Å². The van der Waals surface area contributed by atoms with Gasteiger partial charge in [0, 0.05) is 24.8 Å². The van der Waals surface area contributed by atoms with Gasteiger partial charge < -0.3 is 4.74 Å². The lowest BCUT2D eigenvalue weighted by Gasteiger charge is -2.28. The predicted molar refractivity (Wildman–Crippen MR) is 79.6 cm³/mol. The second-order valence-corrected chi connectivity index (χ2v) is 7.96. The van der Waals surface area contributed by atoms with Gasteiger partial charge in [0.05, 0.1) is 16.3 Å². The maximum atomic E-state index is 11.6. The van der Waals surface area contributed by atoms with E-state index in [0.29, 0.717) is 18.6 Å². The van der Waals surface area contributed by atoms with Gasteiger partial charge >= 0.3 is 0 Å². The number of sulfone groups is 1. The van der Waals surface area contributed by atoms with Crippen molar-refractivity contribution in [1.82, 2.24) is 0 Å². The van der Waals surface area contributed by atoms with E-state index in [0.717, 1.165) is 12.8 Å². The fraction of sp³-hybridized carbons (Fsp3) is 0.538. The fourth-order valence-electron chi connectivity index (χ4n) is 2.50. The number of ether oxygens (including phenoxy) is 1. The first-order valence-electron chi connectivity index (χ1n) is 6.57. The highest BCUT2D eigenvalue weighted by Gasteiger charge is 2.30. The summed E-state index contributed by atoms with van der Waals surface area (Å²) < 4.78 is 28.9. The summed E-state index contributed by atoms with van der Waals surface area (Å²) in [5.74, 6) is 0.421. The number of halogens is 1. The Morgan fingerprint density at radius 1 is 1.38 bits per heavy atom. The number of hydrogen-bond acceptors (Lipinski definition) is 5. The molecule has 1 saturated carbocycles. The first kappa shape index (κ1) is 16.0. The van der Waals surface area contributed by atoms with E-state index in [-0.39, 0.29) is 22.1 Å². The Balaban J connectivity index is 2.08. The molecular formula is C13H16ClNO5S. The van der Waals surface area contributed by atoms with Crippen LogP contribution in [-0.4, -0.2) is 31.0 Å². The Labute approximate surface area is 128 Å². The lowest BCUT2D eigenvalue weighted by molar-refractivity contribution is -0.384. The summed E-state index contributed by atoms with van der Waals surface area (Å²) in [5.41, 5.74) is -0.179. The van der Waals surface area contributed by atoms with E-state index in [9.17, 15) is 18.5 Å². The van der Waals surface area contributed by atoms with E-state index in [1.54, 1.807) is 0 Å². The van der Waals surface area contributed by atoms with Crippen molar-refractivity contribution in [1.29, 1.82) is 0 Å². The molecule has 0 amide bonds. The van der Waals surface area contributed by atoms with Crippen molar-refractivity contribution in [3.05, 3.63) is 33.3 Å². The average molecular weight is 334 g/mol. The third-order valence-corrected chi connectivity index (χ3v) is 5.54. The summed E-state index contributed by atoms with van der Waals surface area (Å²) >= 11 is 5.83. The molecule has 116 valence electrons. The Morgan fingerprint density at radius 3 is 2.67 bits per heavy atom. The molecule has 1 aliphatic carbocycles. The Kier molecular flexibility index (Phi) is 4.73. The molecular weight excluding hydrogens is 318 g/mol. The molecule has 2 rings (SSSR count). The fourth-order valence-corrected chi connectivity index (χ4v) is 3.90. The molecule has 1 aromatic carbocycles.